The van der Waals surface area contributed by atoms with E-state index in [1.807, 2.05) is 40.1 Å². The van der Waals surface area contributed by atoms with Gasteiger partial charge in [-0.2, -0.15) is 0 Å². The van der Waals surface area contributed by atoms with Crippen LogP contribution in [0.3, 0.4) is 0 Å². The Hall–Kier alpha value is -2.66. The quantitative estimate of drug-likeness (QED) is 0.402. The average Bonchev–Trinajstić information content (AvgIpc) is 3.33. The molecule has 2 aromatic carbocycles. The van der Waals surface area contributed by atoms with E-state index in [0.717, 1.165) is 44.2 Å². The zero-order valence-electron chi connectivity index (χ0n) is 23.0. The summed E-state index contributed by atoms with van der Waals surface area (Å²) in [5.41, 5.74) is 2.41. The number of hydrogen-bond acceptors (Lipinski definition) is 3. The van der Waals surface area contributed by atoms with Crippen LogP contribution in [0.1, 0.15) is 63.4 Å². The van der Waals surface area contributed by atoms with Gasteiger partial charge >= 0.3 is 0 Å². The molecular weight excluding hydrogens is 470 g/mol. The van der Waals surface area contributed by atoms with Gasteiger partial charge in [0.05, 0.1) is 5.92 Å². The van der Waals surface area contributed by atoms with Crippen molar-refractivity contribution in [2.24, 2.45) is 17.8 Å². The lowest BCUT2D eigenvalue weighted by molar-refractivity contribution is -0.129. The fraction of sp³-hybridized carbons (Fsp3) is 0.576. The van der Waals surface area contributed by atoms with Gasteiger partial charge in [0.1, 0.15) is 0 Å². The van der Waals surface area contributed by atoms with Crippen LogP contribution in [0.25, 0.3) is 0 Å². The first-order chi connectivity index (χ1) is 18.7. The molecule has 2 aromatic rings. The minimum atomic E-state index is -0.222. The van der Waals surface area contributed by atoms with E-state index in [1.54, 1.807) is 0 Å². The molecule has 1 unspecified atom stereocenters. The van der Waals surface area contributed by atoms with Crippen molar-refractivity contribution in [2.75, 3.05) is 44.2 Å². The van der Waals surface area contributed by atoms with Gasteiger partial charge in [0, 0.05) is 31.7 Å². The third kappa shape index (κ3) is 7.25. The van der Waals surface area contributed by atoms with Crippen LogP contribution in [0.5, 0.6) is 0 Å². The normalized spacial score (nSPS) is 21.6. The summed E-state index contributed by atoms with van der Waals surface area (Å²) in [6, 6.07) is 20.9. The molecule has 1 aliphatic carbocycles. The fourth-order valence-electron chi connectivity index (χ4n) is 6.80. The van der Waals surface area contributed by atoms with Crippen molar-refractivity contribution in [1.29, 1.82) is 0 Å². The maximum atomic E-state index is 13.8. The second-order valence-corrected chi connectivity index (χ2v) is 11.9. The van der Waals surface area contributed by atoms with E-state index in [4.69, 9.17) is 0 Å². The van der Waals surface area contributed by atoms with Crippen LogP contribution in [0.4, 0.5) is 5.69 Å². The summed E-state index contributed by atoms with van der Waals surface area (Å²) in [6.45, 7) is 5.45. The molecule has 0 aromatic heterocycles. The second kappa shape index (κ2) is 13.4. The Morgan fingerprint density at radius 1 is 0.842 bits per heavy atom. The highest BCUT2D eigenvalue weighted by atomic mass is 16.2. The number of likely N-dealkylation sites (tertiary alicyclic amines) is 2. The highest BCUT2D eigenvalue weighted by Gasteiger charge is 2.37. The Labute approximate surface area is 229 Å². The predicted octanol–water partition coefficient (Wildman–Crippen LogP) is 5.79. The maximum Gasteiger partial charge on any atom is 0.232 e. The van der Waals surface area contributed by atoms with Crippen molar-refractivity contribution in [1.82, 2.24) is 9.80 Å². The third-order valence-electron chi connectivity index (χ3n) is 9.03. The molecule has 0 N–H and O–H groups in total. The molecule has 3 aliphatic rings. The summed E-state index contributed by atoms with van der Waals surface area (Å²) in [7, 11) is 0. The van der Waals surface area contributed by atoms with Gasteiger partial charge in [0.2, 0.25) is 11.8 Å². The van der Waals surface area contributed by atoms with Crippen LogP contribution < -0.4 is 4.90 Å². The highest BCUT2D eigenvalue weighted by molar-refractivity contribution is 5.99. The molecular formula is C33H45N3O2. The molecule has 5 heteroatoms. The van der Waals surface area contributed by atoms with Crippen molar-refractivity contribution in [3.8, 4) is 0 Å². The van der Waals surface area contributed by atoms with Gasteiger partial charge < -0.3 is 14.7 Å². The van der Waals surface area contributed by atoms with Crippen LogP contribution in [-0.4, -0.2) is 60.9 Å². The molecule has 5 rings (SSSR count). The SMILES string of the molecule is O=C1CC(C(=O)N(CCCN2CCC(Cc3ccccc3)CC2)c2ccccc2)CN1CC1CCCCC1. The summed E-state index contributed by atoms with van der Waals surface area (Å²) in [6.07, 6.45) is 11.3. The maximum absolute atomic E-state index is 13.8. The zero-order chi connectivity index (χ0) is 26.2. The molecule has 0 radical (unpaired) electrons. The molecule has 0 spiro atoms. The molecule has 204 valence electrons. The summed E-state index contributed by atoms with van der Waals surface area (Å²) < 4.78 is 0. The molecule has 2 amide bonds. The number of para-hydroxylation sites is 1. The van der Waals surface area contributed by atoms with Crippen LogP contribution in [0, 0.1) is 17.8 Å². The van der Waals surface area contributed by atoms with Gasteiger partial charge in [-0.3, -0.25) is 9.59 Å². The smallest absolute Gasteiger partial charge is 0.232 e. The van der Waals surface area contributed by atoms with E-state index in [9.17, 15) is 9.59 Å². The van der Waals surface area contributed by atoms with E-state index in [-0.39, 0.29) is 17.7 Å². The number of carbonyl (C=O) groups excluding carboxylic acids is 2. The van der Waals surface area contributed by atoms with Crippen LogP contribution in [-0.2, 0) is 16.0 Å². The predicted molar refractivity (Wildman–Crippen MR) is 154 cm³/mol. The van der Waals surface area contributed by atoms with E-state index in [2.05, 4.69) is 35.2 Å². The van der Waals surface area contributed by atoms with Crippen molar-refractivity contribution in [3.63, 3.8) is 0 Å². The van der Waals surface area contributed by atoms with Crippen molar-refractivity contribution in [2.45, 2.75) is 64.2 Å². The molecule has 2 saturated heterocycles. The van der Waals surface area contributed by atoms with Crippen molar-refractivity contribution in [3.05, 3.63) is 66.2 Å². The second-order valence-electron chi connectivity index (χ2n) is 11.9. The lowest BCUT2D eigenvalue weighted by atomic mass is 9.89. The number of carbonyl (C=O) groups is 2. The first-order valence-corrected chi connectivity index (χ1v) is 15.1. The number of hydrogen-bond donors (Lipinski definition) is 0. The monoisotopic (exact) mass is 515 g/mol. The van der Waals surface area contributed by atoms with E-state index >= 15 is 0 Å². The zero-order valence-corrected chi connectivity index (χ0v) is 23.0. The Balaban J connectivity index is 1.12. The molecule has 2 aliphatic heterocycles. The van der Waals surface area contributed by atoms with Crippen LogP contribution >= 0.6 is 0 Å². The largest absolute Gasteiger partial charge is 0.342 e. The third-order valence-corrected chi connectivity index (χ3v) is 9.03. The molecule has 1 atom stereocenters. The number of rotatable bonds is 10. The Bertz CT molecular complexity index is 1010. The van der Waals surface area contributed by atoms with Crippen molar-refractivity contribution >= 4 is 17.5 Å². The Kier molecular flexibility index (Phi) is 9.51. The number of piperidine rings is 1. The summed E-state index contributed by atoms with van der Waals surface area (Å²) >= 11 is 0. The van der Waals surface area contributed by atoms with Gasteiger partial charge in [-0.15, -0.1) is 0 Å². The van der Waals surface area contributed by atoms with Gasteiger partial charge in [0.15, 0.2) is 0 Å². The highest BCUT2D eigenvalue weighted by Crippen LogP contribution is 2.29. The fourth-order valence-corrected chi connectivity index (χ4v) is 6.80. The number of nitrogens with zero attached hydrogens (tertiary/aromatic N) is 3. The molecule has 3 fully saturated rings. The lowest BCUT2D eigenvalue weighted by Gasteiger charge is -2.33. The Morgan fingerprint density at radius 2 is 1.53 bits per heavy atom. The minimum Gasteiger partial charge on any atom is -0.342 e. The molecule has 2 heterocycles. The van der Waals surface area contributed by atoms with Crippen LogP contribution in [0.15, 0.2) is 60.7 Å². The van der Waals surface area contributed by atoms with Crippen LogP contribution in [0.2, 0.25) is 0 Å². The Morgan fingerprint density at radius 3 is 2.24 bits per heavy atom. The van der Waals surface area contributed by atoms with Gasteiger partial charge in [-0.05, 0) is 87.7 Å². The number of amides is 2. The number of benzene rings is 2. The number of anilines is 1. The minimum absolute atomic E-state index is 0.122. The summed E-state index contributed by atoms with van der Waals surface area (Å²) in [5.74, 6) is 1.45. The first kappa shape index (κ1) is 26.9. The van der Waals surface area contributed by atoms with Gasteiger partial charge in [-0.1, -0.05) is 67.8 Å². The van der Waals surface area contributed by atoms with Gasteiger partial charge in [0.25, 0.3) is 0 Å². The molecule has 0 bridgehead atoms. The van der Waals surface area contributed by atoms with Crippen molar-refractivity contribution < 1.29 is 9.59 Å². The van der Waals surface area contributed by atoms with Gasteiger partial charge in [-0.25, -0.2) is 0 Å². The molecule has 5 nitrogen and oxygen atoms in total. The molecule has 1 saturated carbocycles. The van der Waals surface area contributed by atoms with E-state index < -0.39 is 0 Å². The standard InChI is InChI=1S/C33H45N3O2/c37-32-24-30(26-35(32)25-29-13-6-2-7-14-29)33(38)36(31-15-8-3-9-16-31)20-10-19-34-21-17-28(18-22-34)23-27-11-4-1-5-12-27/h1,3-5,8-9,11-12,15-16,28-30H,2,6-7,10,13-14,17-26H2. The lowest BCUT2D eigenvalue weighted by Crippen LogP contribution is -2.41. The average molecular weight is 516 g/mol. The topological polar surface area (TPSA) is 43.9 Å². The summed E-state index contributed by atoms with van der Waals surface area (Å²) in [5, 5.41) is 0. The van der Waals surface area contributed by atoms with E-state index in [0.29, 0.717) is 25.4 Å². The molecule has 38 heavy (non-hydrogen) atoms. The van der Waals surface area contributed by atoms with E-state index in [1.165, 1.54) is 56.9 Å². The summed E-state index contributed by atoms with van der Waals surface area (Å²) in [4.78, 5) is 33.1. The first-order valence-electron chi connectivity index (χ1n) is 15.1.